The fourth-order valence-corrected chi connectivity index (χ4v) is 7.21. The molecule has 0 aromatic carbocycles. The SMILES string of the molecule is COC(=O)/C(C)=C1\CC[C@H]2[C@@H]3CCC4=CC(=O)CC[C@]4(C)[C@@]3(O)CC[C@]12C. The van der Waals surface area contributed by atoms with Crippen LogP contribution in [0.3, 0.4) is 0 Å². The van der Waals surface area contributed by atoms with Gasteiger partial charge in [-0.1, -0.05) is 25.0 Å². The normalized spacial score (nSPS) is 45.4. The number of hydrogen-bond acceptors (Lipinski definition) is 4. The quantitative estimate of drug-likeness (QED) is 0.555. The van der Waals surface area contributed by atoms with E-state index in [2.05, 4.69) is 13.8 Å². The fourth-order valence-electron chi connectivity index (χ4n) is 7.21. The van der Waals surface area contributed by atoms with Gasteiger partial charge in [0, 0.05) is 17.4 Å². The molecule has 0 aromatic heterocycles. The maximum absolute atomic E-state index is 12.2. The van der Waals surface area contributed by atoms with Crippen molar-refractivity contribution in [1.29, 1.82) is 0 Å². The average Bonchev–Trinajstić information content (AvgIpc) is 2.99. The lowest BCUT2D eigenvalue weighted by molar-refractivity contribution is -0.183. The molecule has 4 nitrogen and oxygen atoms in total. The van der Waals surface area contributed by atoms with Gasteiger partial charge in [-0.3, -0.25) is 4.79 Å². The summed E-state index contributed by atoms with van der Waals surface area (Å²) in [4.78, 5) is 24.1. The summed E-state index contributed by atoms with van der Waals surface area (Å²) in [5, 5.41) is 12.0. The van der Waals surface area contributed by atoms with E-state index in [-0.39, 0.29) is 28.5 Å². The number of ketones is 1. The fraction of sp³-hybridized carbons (Fsp3) is 0.739. The predicted molar refractivity (Wildman–Crippen MR) is 103 cm³/mol. The van der Waals surface area contributed by atoms with Gasteiger partial charge in [-0.2, -0.15) is 0 Å². The molecule has 1 N–H and O–H groups in total. The molecule has 148 valence electrons. The third-order valence-corrected chi connectivity index (χ3v) is 8.88. The number of fused-ring (bicyclic) bond motifs is 5. The van der Waals surface area contributed by atoms with Crippen LogP contribution in [0.4, 0.5) is 0 Å². The number of ether oxygens (including phenoxy) is 1. The van der Waals surface area contributed by atoms with Gasteiger partial charge in [0.15, 0.2) is 5.78 Å². The first-order valence-electron chi connectivity index (χ1n) is 10.4. The smallest absolute Gasteiger partial charge is 0.333 e. The second-order valence-electron chi connectivity index (χ2n) is 9.70. The number of methoxy groups -OCH3 is 1. The standard InChI is InChI=1S/C23H32O4/c1-14(20(25)27-4)17-7-8-18-19-6-5-15-13-16(24)9-10-22(15,3)23(19,26)12-11-21(17,18)2/h13,18-19,26H,5-12H2,1-4H3/b17-14+/t18-,19-,21+,22-,23+/m0/s1. The Balaban J connectivity index is 1.73. The highest BCUT2D eigenvalue weighted by Gasteiger charge is 2.65. The highest BCUT2D eigenvalue weighted by atomic mass is 16.5. The monoisotopic (exact) mass is 372 g/mol. The average molecular weight is 373 g/mol. The Labute approximate surface area is 162 Å². The van der Waals surface area contributed by atoms with Crippen LogP contribution in [0.1, 0.15) is 72.1 Å². The Kier molecular flexibility index (Phi) is 4.23. The molecule has 0 unspecified atom stereocenters. The summed E-state index contributed by atoms with van der Waals surface area (Å²) in [7, 11) is 1.45. The van der Waals surface area contributed by atoms with Crippen LogP contribution in [-0.2, 0) is 14.3 Å². The van der Waals surface area contributed by atoms with Gasteiger partial charge in [-0.25, -0.2) is 4.79 Å². The molecule has 4 rings (SSSR count). The highest BCUT2D eigenvalue weighted by molar-refractivity contribution is 5.92. The van der Waals surface area contributed by atoms with Gasteiger partial charge in [0.05, 0.1) is 12.7 Å². The lowest BCUT2D eigenvalue weighted by Gasteiger charge is -2.62. The van der Waals surface area contributed by atoms with E-state index in [0.29, 0.717) is 12.3 Å². The number of rotatable bonds is 1. The number of carbonyl (C=O) groups excluding carboxylic acids is 2. The van der Waals surface area contributed by atoms with Crippen molar-refractivity contribution >= 4 is 11.8 Å². The van der Waals surface area contributed by atoms with E-state index >= 15 is 0 Å². The Morgan fingerprint density at radius 2 is 1.81 bits per heavy atom. The molecule has 0 radical (unpaired) electrons. The van der Waals surface area contributed by atoms with E-state index in [4.69, 9.17) is 4.74 Å². The van der Waals surface area contributed by atoms with Crippen LogP contribution in [-0.4, -0.2) is 29.6 Å². The highest BCUT2D eigenvalue weighted by Crippen LogP contribution is 2.68. The van der Waals surface area contributed by atoms with Gasteiger partial charge in [0.2, 0.25) is 0 Å². The van der Waals surface area contributed by atoms with E-state index < -0.39 is 5.60 Å². The topological polar surface area (TPSA) is 63.6 Å². The van der Waals surface area contributed by atoms with Crippen LogP contribution in [0.5, 0.6) is 0 Å². The number of aliphatic hydroxyl groups is 1. The van der Waals surface area contributed by atoms with E-state index in [9.17, 15) is 14.7 Å². The molecule has 0 amide bonds. The molecule has 4 aliphatic rings. The van der Waals surface area contributed by atoms with E-state index in [1.54, 1.807) is 0 Å². The van der Waals surface area contributed by atoms with Crippen molar-refractivity contribution in [3.05, 3.63) is 22.8 Å². The molecule has 0 saturated heterocycles. The molecule has 3 saturated carbocycles. The van der Waals surface area contributed by atoms with Crippen LogP contribution >= 0.6 is 0 Å². The minimum atomic E-state index is -0.740. The van der Waals surface area contributed by atoms with Gasteiger partial charge in [-0.05, 0) is 75.2 Å². The molecule has 3 fully saturated rings. The van der Waals surface area contributed by atoms with Crippen LogP contribution in [0.2, 0.25) is 0 Å². The first kappa shape index (κ1) is 18.9. The first-order valence-corrected chi connectivity index (χ1v) is 10.4. The summed E-state index contributed by atoms with van der Waals surface area (Å²) in [6, 6.07) is 0. The van der Waals surface area contributed by atoms with Crippen molar-refractivity contribution in [2.24, 2.45) is 22.7 Å². The van der Waals surface area contributed by atoms with Gasteiger partial charge in [0.25, 0.3) is 0 Å². The van der Waals surface area contributed by atoms with E-state index in [1.807, 2.05) is 13.0 Å². The zero-order valence-electron chi connectivity index (χ0n) is 17.1. The summed E-state index contributed by atoms with van der Waals surface area (Å²) in [5.74, 6) is 0.612. The minimum Gasteiger partial charge on any atom is -0.466 e. The molecular formula is C23H32O4. The minimum absolute atomic E-state index is 0.0305. The van der Waals surface area contributed by atoms with E-state index in [0.717, 1.165) is 50.5 Å². The van der Waals surface area contributed by atoms with Gasteiger partial charge >= 0.3 is 5.97 Å². The second-order valence-corrected chi connectivity index (χ2v) is 9.70. The number of hydrogen-bond donors (Lipinski definition) is 1. The lowest BCUT2D eigenvalue weighted by Crippen LogP contribution is -2.62. The van der Waals surface area contributed by atoms with Crippen molar-refractivity contribution in [3.8, 4) is 0 Å². The Bertz CT molecular complexity index is 762. The van der Waals surface area contributed by atoms with Crippen LogP contribution < -0.4 is 0 Å². The Hall–Kier alpha value is -1.42. The van der Waals surface area contributed by atoms with Crippen LogP contribution in [0.25, 0.3) is 0 Å². The second kappa shape index (κ2) is 6.04. The van der Waals surface area contributed by atoms with Crippen molar-refractivity contribution in [2.75, 3.05) is 7.11 Å². The predicted octanol–water partition coefficient (Wildman–Crippen LogP) is 4.12. The van der Waals surface area contributed by atoms with Gasteiger partial charge in [-0.15, -0.1) is 0 Å². The third-order valence-electron chi connectivity index (χ3n) is 8.88. The summed E-state index contributed by atoms with van der Waals surface area (Å²) < 4.78 is 4.99. The molecule has 27 heavy (non-hydrogen) atoms. The Morgan fingerprint density at radius 1 is 1.11 bits per heavy atom. The largest absolute Gasteiger partial charge is 0.466 e. The zero-order valence-corrected chi connectivity index (χ0v) is 17.1. The number of carbonyl (C=O) groups is 2. The maximum atomic E-state index is 12.2. The summed E-state index contributed by atoms with van der Waals surface area (Å²) >= 11 is 0. The molecule has 0 aliphatic heterocycles. The van der Waals surface area contributed by atoms with Gasteiger partial charge < -0.3 is 9.84 Å². The van der Waals surface area contributed by atoms with E-state index in [1.165, 1.54) is 18.3 Å². The van der Waals surface area contributed by atoms with Crippen molar-refractivity contribution in [3.63, 3.8) is 0 Å². The van der Waals surface area contributed by atoms with Crippen molar-refractivity contribution < 1.29 is 19.4 Å². The van der Waals surface area contributed by atoms with Gasteiger partial charge in [0.1, 0.15) is 0 Å². The van der Waals surface area contributed by atoms with Crippen molar-refractivity contribution in [1.82, 2.24) is 0 Å². The third kappa shape index (κ3) is 2.38. The Morgan fingerprint density at radius 3 is 2.52 bits per heavy atom. The van der Waals surface area contributed by atoms with Crippen molar-refractivity contribution in [2.45, 2.75) is 77.7 Å². The molecule has 0 bridgehead atoms. The molecular weight excluding hydrogens is 340 g/mol. The number of esters is 1. The molecule has 4 aliphatic carbocycles. The molecule has 0 spiro atoms. The lowest BCUT2D eigenvalue weighted by atomic mass is 9.45. The summed E-state index contributed by atoms with van der Waals surface area (Å²) in [5.41, 5.74) is 2.12. The molecule has 4 heteroatoms. The number of allylic oxidation sites excluding steroid dienone is 1. The van der Waals surface area contributed by atoms with Crippen LogP contribution in [0, 0.1) is 22.7 Å². The molecule has 5 atom stereocenters. The van der Waals surface area contributed by atoms with Crippen LogP contribution in [0.15, 0.2) is 22.8 Å². The zero-order chi connectivity index (χ0) is 19.6. The first-order chi connectivity index (χ1) is 12.7. The maximum Gasteiger partial charge on any atom is 0.333 e. The molecule has 0 aromatic rings. The summed E-state index contributed by atoms with van der Waals surface area (Å²) in [6.07, 6.45) is 8.57. The summed E-state index contributed by atoms with van der Waals surface area (Å²) in [6.45, 7) is 6.38. The molecule has 0 heterocycles.